The molecule has 7 nitrogen and oxygen atoms in total. The predicted octanol–water partition coefficient (Wildman–Crippen LogP) is 2.97. The third kappa shape index (κ3) is 3.02. The summed E-state index contributed by atoms with van der Waals surface area (Å²) < 4.78 is 44.3. The summed E-state index contributed by atoms with van der Waals surface area (Å²) in [5.74, 6) is -0.0667. The van der Waals surface area contributed by atoms with Gasteiger partial charge in [-0.05, 0) is 36.4 Å². The SMILES string of the molecule is Cn1cnnc1-c1ccccc1NS(=O)(=O)c1ccc(F)c2ncccc12. The molecular formula is C18H14FN5O2S. The Bertz CT molecular complexity index is 1250. The zero-order chi connectivity index (χ0) is 19.0. The number of aromatic nitrogens is 4. The number of aryl methyl sites for hydroxylation is 1. The van der Waals surface area contributed by atoms with Crippen molar-refractivity contribution in [3.63, 3.8) is 0 Å². The van der Waals surface area contributed by atoms with Crippen molar-refractivity contribution in [1.29, 1.82) is 0 Å². The average molecular weight is 383 g/mol. The second-order valence-corrected chi connectivity index (χ2v) is 7.51. The predicted molar refractivity (Wildman–Crippen MR) is 98.9 cm³/mol. The summed E-state index contributed by atoms with van der Waals surface area (Å²) in [4.78, 5) is 3.89. The van der Waals surface area contributed by atoms with E-state index in [-0.39, 0.29) is 15.8 Å². The zero-order valence-electron chi connectivity index (χ0n) is 14.2. The fourth-order valence-electron chi connectivity index (χ4n) is 2.84. The highest BCUT2D eigenvalue weighted by atomic mass is 32.2. The zero-order valence-corrected chi connectivity index (χ0v) is 15.0. The molecule has 0 aliphatic rings. The summed E-state index contributed by atoms with van der Waals surface area (Å²) in [5, 5.41) is 8.07. The van der Waals surface area contributed by atoms with Crippen LogP contribution in [-0.4, -0.2) is 28.2 Å². The number of nitrogens with one attached hydrogen (secondary N) is 1. The molecule has 2 aromatic heterocycles. The number of sulfonamides is 1. The minimum Gasteiger partial charge on any atom is -0.317 e. The standard InChI is InChI=1S/C18H14FN5O2S/c1-24-11-21-22-18(24)12-5-2-3-7-15(12)23-27(25,26)16-9-8-14(19)17-13(16)6-4-10-20-17/h2-11,23H,1H3. The van der Waals surface area contributed by atoms with Crippen molar-refractivity contribution in [2.24, 2.45) is 7.05 Å². The first-order chi connectivity index (χ1) is 13.0. The number of anilines is 1. The second kappa shape index (κ2) is 6.44. The number of pyridine rings is 1. The molecule has 0 saturated carbocycles. The van der Waals surface area contributed by atoms with E-state index in [2.05, 4.69) is 19.9 Å². The van der Waals surface area contributed by atoms with Gasteiger partial charge in [0.2, 0.25) is 0 Å². The maximum atomic E-state index is 14.0. The molecule has 2 heterocycles. The lowest BCUT2D eigenvalue weighted by Gasteiger charge is -2.13. The van der Waals surface area contributed by atoms with Crippen LogP contribution in [0.5, 0.6) is 0 Å². The topological polar surface area (TPSA) is 89.8 Å². The lowest BCUT2D eigenvalue weighted by atomic mass is 10.2. The molecule has 0 fully saturated rings. The van der Waals surface area contributed by atoms with Gasteiger partial charge in [-0.1, -0.05) is 12.1 Å². The number of benzene rings is 2. The molecule has 0 spiro atoms. The van der Waals surface area contributed by atoms with Crippen molar-refractivity contribution in [3.8, 4) is 11.4 Å². The maximum absolute atomic E-state index is 14.0. The normalized spacial score (nSPS) is 11.6. The highest BCUT2D eigenvalue weighted by Gasteiger charge is 2.21. The smallest absolute Gasteiger partial charge is 0.262 e. The Kier molecular flexibility index (Phi) is 4.08. The van der Waals surface area contributed by atoms with Crippen molar-refractivity contribution >= 4 is 26.6 Å². The van der Waals surface area contributed by atoms with E-state index < -0.39 is 15.8 Å². The van der Waals surface area contributed by atoms with Gasteiger partial charge in [-0.15, -0.1) is 10.2 Å². The van der Waals surface area contributed by atoms with Gasteiger partial charge in [0.15, 0.2) is 5.82 Å². The Morgan fingerprint density at radius 2 is 1.89 bits per heavy atom. The maximum Gasteiger partial charge on any atom is 0.262 e. The molecule has 0 atom stereocenters. The first kappa shape index (κ1) is 17.1. The molecule has 1 N–H and O–H groups in total. The van der Waals surface area contributed by atoms with Crippen molar-refractivity contribution in [2.45, 2.75) is 4.90 Å². The number of halogens is 1. The van der Waals surface area contributed by atoms with Gasteiger partial charge in [0.1, 0.15) is 17.7 Å². The van der Waals surface area contributed by atoms with E-state index in [9.17, 15) is 12.8 Å². The molecule has 0 unspecified atom stereocenters. The van der Waals surface area contributed by atoms with Crippen LogP contribution in [0.15, 0.2) is 66.0 Å². The van der Waals surface area contributed by atoms with E-state index in [4.69, 9.17) is 0 Å². The largest absolute Gasteiger partial charge is 0.317 e. The number of nitrogens with zero attached hydrogens (tertiary/aromatic N) is 4. The summed E-state index contributed by atoms with van der Waals surface area (Å²) in [7, 11) is -2.23. The third-order valence-electron chi connectivity index (χ3n) is 4.09. The molecule has 0 saturated heterocycles. The Balaban J connectivity index is 1.83. The van der Waals surface area contributed by atoms with Crippen LogP contribution in [0.1, 0.15) is 0 Å². The van der Waals surface area contributed by atoms with Crippen LogP contribution >= 0.6 is 0 Å². The lowest BCUT2D eigenvalue weighted by molar-refractivity contribution is 0.601. The molecule has 4 rings (SSSR count). The van der Waals surface area contributed by atoms with E-state index in [1.165, 1.54) is 24.7 Å². The third-order valence-corrected chi connectivity index (χ3v) is 5.52. The number of para-hydroxylation sites is 1. The average Bonchev–Trinajstić information content (AvgIpc) is 3.08. The molecule has 27 heavy (non-hydrogen) atoms. The Labute approximate surface area is 154 Å². The van der Waals surface area contributed by atoms with E-state index in [0.717, 1.165) is 6.07 Å². The van der Waals surface area contributed by atoms with Gasteiger partial charge >= 0.3 is 0 Å². The number of hydrogen-bond donors (Lipinski definition) is 1. The molecule has 0 amide bonds. The molecule has 136 valence electrons. The van der Waals surface area contributed by atoms with Crippen LogP contribution in [0, 0.1) is 5.82 Å². The fourth-order valence-corrected chi connectivity index (χ4v) is 4.12. The van der Waals surface area contributed by atoms with Gasteiger partial charge < -0.3 is 4.57 Å². The van der Waals surface area contributed by atoms with E-state index in [0.29, 0.717) is 17.1 Å². The second-order valence-electron chi connectivity index (χ2n) is 5.86. The number of fused-ring (bicyclic) bond motifs is 1. The summed E-state index contributed by atoms with van der Waals surface area (Å²) >= 11 is 0. The minimum atomic E-state index is -4.00. The molecule has 2 aromatic carbocycles. The van der Waals surface area contributed by atoms with Crippen LogP contribution in [0.2, 0.25) is 0 Å². The molecule has 0 aliphatic carbocycles. The van der Waals surface area contributed by atoms with Gasteiger partial charge in [0.25, 0.3) is 10.0 Å². The van der Waals surface area contributed by atoms with E-state index in [1.807, 2.05) is 0 Å². The van der Waals surface area contributed by atoms with Crippen LogP contribution in [0.3, 0.4) is 0 Å². The molecule has 0 bridgehead atoms. The summed E-state index contributed by atoms with van der Waals surface area (Å²) in [5.41, 5.74) is 0.919. The molecule has 0 radical (unpaired) electrons. The van der Waals surface area contributed by atoms with Gasteiger partial charge in [0, 0.05) is 24.2 Å². The van der Waals surface area contributed by atoms with Crippen molar-refractivity contribution in [3.05, 3.63) is 66.9 Å². The molecule has 0 aliphatic heterocycles. The van der Waals surface area contributed by atoms with Crippen LogP contribution in [0.4, 0.5) is 10.1 Å². The van der Waals surface area contributed by atoms with E-state index >= 15 is 0 Å². The minimum absolute atomic E-state index is 0.00182. The van der Waals surface area contributed by atoms with Gasteiger partial charge in [-0.3, -0.25) is 9.71 Å². The fraction of sp³-hybridized carbons (Fsp3) is 0.0556. The van der Waals surface area contributed by atoms with Crippen molar-refractivity contribution in [2.75, 3.05) is 4.72 Å². The lowest BCUT2D eigenvalue weighted by Crippen LogP contribution is -2.14. The Morgan fingerprint density at radius 3 is 2.67 bits per heavy atom. The van der Waals surface area contributed by atoms with Crippen LogP contribution in [0.25, 0.3) is 22.3 Å². The monoisotopic (exact) mass is 383 g/mol. The molecule has 9 heteroatoms. The Hall–Kier alpha value is -3.33. The summed E-state index contributed by atoms with van der Waals surface area (Å²) in [6.45, 7) is 0. The number of hydrogen-bond acceptors (Lipinski definition) is 5. The molecule has 4 aromatic rings. The highest BCUT2D eigenvalue weighted by molar-refractivity contribution is 7.93. The number of rotatable bonds is 4. The van der Waals surface area contributed by atoms with Gasteiger partial charge in [-0.25, -0.2) is 12.8 Å². The first-order valence-corrected chi connectivity index (χ1v) is 9.45. The van der Waals surface area contributed by atoms with Gasteiger partial charge in [0.05, 0.1) is 10.6 Å². The van der Waals surface area contributed by atoms with Crippen LogP contribution in [-0.2, 0) is 17.1 Å². The quantitative estimate of drug-likeness (QED) is 0.585. The van der Waals surface area contributed by atoms with Gasteiger partial charge in [-0.2, -0.15) is 0 Å². The van der Waals surface area contributed by atoms with Crippen molar-refractivity contribution < 1.29 is 12.8 Å². The highest BCUT2D eigenvalue weighted by Crippen LogP contribution is 2.30. The first-order valence-electron chi connectivity index (χ1n) is 7.97. The van der Waals surface area contributed by atoms with Crippen molar-refractivity contribution in [1.82, 2.24) is 19.7 Å². The Morgan fingerprint density at radius 1 is 1.07 bits per heavy atom. The summed E-state index contributed by atoms with van der Waals surface area (Å²) in [6.07, 6.45) is 2.94. The van der Waals surface area contributed by atoms with E-state index in [1.54, 1.807) is 41.9 Å². The summed E-state index contributed by atoms with van der Waals surface area (Å²) in [6, 6.07) is 12.3. The molecular weight excluding hydrogens is 369 g/mol. The van der Waals surface area contributed by atoms with Crippen LogP contribution < -0.4 is 4.72 Å².